The second-order valence-electron chi connectivity index (χ2n) is 6.18. The van der Waals surface area contributed by atoms with Gasteiger partial charge in [0.1, 0.15) is 5.56 Å². The van der Waals surface area contributed by atoms with Crippen LogP contribution in [0, 0.1) is 0 Å². The largest absolute Gasteiger partial charge is 0.462 e. The van der Waals surface area contributed by atoms with Crippen molar-refractivity contribution < 1.29 is 14.3 Å². The van der Waals surface area contributed by atoms with Crippen LogP contribution in [0.5, 0.6) is 0 Å². The summed E-state index contributed by atoms with van der Waals surface area (Å²) in [5.74, 6) is -0.885. The molecule has 1 aromatic heterocycles. The Hall–Kier alpha value is -3.41. The summed E-state index contributed by atoms with van der Waals surface area (Å²) in [6.45, 7) is 2.54. The first-order chi connectivity index (χ1) is 13.0. The molecule has 1 heterocycles. The Labute approximate surface area is 157 Å². The second kappa shape index (κ2) is 7.86. The number of amides is 1. The Morgan fingerprint density at radius 1 is 1.15 bits per heavy atom. The van der Waals surface area contributed by atoms with E-state index < -0.39 is 11.9 Å². The van der Waals surface area contributed by atoms with Gasteiger partial charge < -0.3 is 15.4 Å². The molecule has 0 unspecified atom stereocenters. The van der Waals surface area contributed by atoms with Crippen LogP contribution in [0.3, 0.4) is 0 Å². The van der Waals surface area contributed by atoms with Gasteiger partial charge in [0, 0.05) is 30.7 Å². The van der Waals surface area contributed by atoms with E-state index in [1.54, 1.807) is 31.3 Å². The third kappa shape index (κ3) is 3.89. The zero-order valence-electron chi connectivity index (χ0n) is 15.3. The number of hydrogen-bond acceptors (Lipinski definition) is 5. The Kier molecular flexibility index (Phi) is 5.35. The quantitative estimate of drug-likeness (QED) is 0.680. The predicted molar refractivity (Wildman–Crippen MR) is 105 cm³/mol. The fraction of sp³-hybridized carbons (Fsp3) is 0.190. The van der Waals surface area contributed by atoms with Crippen LogP contribution in [0.15, 0.2) is 54.7 Å². The summed E-state index contributed by atoms with van der Waals surface area (Å²) in [6, 6.07) is 14.8. The molecule has 2 aromatic carbocycles. The van der Waals surface area contributed by atoms with Crippen molar-refractivity contribution in [3.63, 3.8) is 0 Å². The number of primary amides is 1. The van der Waals surface area contributed by atoms with Crippen LogP contribution in [0.2, 0.25) is 0 Å². The number of ether oxygens (including phenoxy) is 1. The number of rotatable bonds is 6. The van der Waals surface area contributed by atoms with Gasteiger partial charge in [-0.15, -0.1) is 0 Å². The third-order valence-electron chi connectivity index (χ3n) is 4.26. The lowest BCUT2D eigenvalue weighted by atomic mass is 10.1. The molecule has 0 atom stereocenters. The highest BCUT2D eigenvalue weighted by Crippen LogP contribution is 2.30. The van der Waals surface area contributed by atoms with Gasteiger partial charge in [0.15, 0.2) is 0 Å². The van der Waals surface area contributed by atoms with Crippen molar-refractivity contribution in [2.45, 2.75) is 13.5 Å². The molecule has 3 aromatic rings. The van der Waals surface area contributed by atoms with Gasteiger partial charge in [0.05, 0.1) is 17.8 Å². The van der Waals surface area contributed by atoms with Crippen molar-refractivity contribution >= 4 is 28.5 Å². The fourth-order valence-corrected chi connectivity index (χ4v) is 3.07. The van der Waals surface area contributed by atoms with Gasteiger partial charge in [-0.05, 0) is 30.7 Å². The summed E-state index contributed by atoms with van der Waals surface area (Å²) in [5.41, 5.74) is 8.67. The molecule has 0 bridgehead atoms. The first kappa shape index (κ1) is 18.4. The lowest BCUT2D eigenvalue weighted by molar-refractivity contribution is 0.0526. The van der Waals surface area contributed by atoms with E-state index in [2.05, 4.69) is 4.98 Å². The summed E-state index contributed by atoms with van der Waals surface area (Å²) in [7, 11) is 1.89. The van der Waals surface area contributed by atoms with Gasteiger partial charge in [-0.1, -0.05) is 30.3 Å². The Balaban J connectivity index is 2.05. The minimum Gasteiger partial charge on any atom is -0.462 e. The van der Waals surface area contributed by atoms with Crippen LogP contribution in [0.4, 0.5) is 5.69 Å². The normalized spacial score (nSPS) is 10.6. The molecule has 27 heavy (non-hydrogen) atoms. The summed E-state index contributed by atoms with van der Waals surface area (Å²) in [4.78, 5) is 30.2. The van der Waals surface area contributed by atoms with Crippen molar-refractivity contribution in [1.29, 1.82) is 0 Å². The van der Waals surface area contributed by atoms with Crippen molar-refractivity contribution in [2.75, 3.05) is 18.6 Å². The monoisotopic (exact) mass is 363 g/mol. The molecule has 1 amide bonds. The Morgan fingerprint density at radius 3 is 2.67 bits per heavy atom. The van der Waals surface area contributed by atoms with Crippen LogP contribution in [-0.4, -0.2) is 30.5 Å². The standard InChI is InChI=1S/C21H21N3O3/c1-3-27-21(26)17-12-23-18-10-5-4-9-16(18)19(17)24(2)13-14-7-6-8-15(11-14)20(22)25/h4-12H,3,13H2,1-2H3,(H2,22,25). The Morgan fingerprint density at radius 2 is 1.93 bits per heavy atom. The van der Waals surface area contributed by atoms with E-state index in [0.717, 1.165) is 22.2 Å². The van der Waals surface area contributed by atoms with E-state index in [4.69, 9.17) is 10.5 Å². The third-order valence-corrected chi connectivity index (χ3v) is 4.26. The average Bonchev–Trinajstić information content (AvgIpc) is 2.67. The first-order valence-corrected chi connectivity index (χ1v) is 8.66. The molecule has 6 heteroatoms. The molecule has 138 valence electrons. The van der Waals surface area contributed by atoms with Gasteiger partial charge in [0.2, 0.25) is 5.91 Å². The number of esters is 1. The highest BCUT2D eigenvalue weighted by Gasteiger charge is 2.20. The zero-order valence-corrected chi connectivity index (χ0v) is 15.3. The van der Waals surface area contributed by atoms with Gasteiger partial charge in [-0.2, -0.15) is 0 Å². The molecule has 0 saturated carbocycles. The van der Waals surface area contributed by atoms with Crippen LogP contribution >= 0.6 is 0 Å². The van der Waals surface area contributed by atoms with Crippen LogP contribution in [0.1, 0.15) is 33.2 Å². The number of carbonyl (C=O) groups is 2. The number of benzene rings is 2. The second-order valence-corrected chi connectivity index (χ2v) is 6.18. The molecule has 0 radical (unpaired) electrons. The Bertz CT molecular complexity index is 1000. The molecule has 0 aliphatic rings. The van der Waals surface area contributed by atoms with Gasteiger partial charge in [-0.25, -0.2) is 4.79 Å². The molecule has 0 aliphatic carbocycles. The van der Waals surface area contributed by atoms with Crippen molar-refractivity contribution in [2.24, 2.45) is 5.73 Å². The van der Waals surface area contributed by atoms with Gasteiger partial charge >= 0.3 is 5.97 Å². The van der Waals surface area contributed by atoms with E-state index in [9.17, 15) is 9.59 Å². The number of carbonyl (C=O) groups excluding carboxylic acids is 2. The van der Waals surface area contributed by atoms with Crippen molar-refractivity contribution in [3.05, 3.63) is 71.4 Å². The number of para-hydroxylation sites is 1. The number of aromatic nitrogens is 1. The highest BCUT2D eigenvalue weighted by molar-refractivity contribution is 6.05. The maximum atomic E-state index is 12.5. The van der Waals surface area contributed by atoms with Crippen LogP contribution in [0.25, 0.3) is 10.9 Å². The van der Waals surface area contributed by atoms with Crippen molar-refractivity contribution in [1.82, 2.24) is 4.98 Å². The lowest BCUT2D eigenvalue weighted by Crippen LogP contribution is -2.21. The molecular weight excluding hydrogens is 342 g/mol. The van der Waals surface area contributed by atoms with Gasteiger partial charge in [0.25, 0.3) is 0 Å². The molecule has 3 rings (SSSR count). The fourth-order valence-electron chi connectivity index (χ4n) is 3.07. The number of nitrogens with two attached hydrogens (primary N) is 1. The zero-order chi connectivity index (χ0) is 19.4. The molecule has 0 fully saturated rings. The molecule has 2 N–H and O–H groups in total. The number of pyridine rings is 1. The molecule has 0 spiro atoms. The molecular formula is C21H21N3O3. The number of anilines is 1. The lowest BCUT2D eigenvalue weighted by Gasteiger charge is -2.24. The smallest absolute Gasteiger partial charge is 0.341 e. The predicted octanol–water partition coefficient (Wildman–Crippen LogP) is 3.15. The topological polar surface area (TPSA) is 85.5 Å². The van der Waals surface area contributed by atoms with E-state index in [1.807, 2.05) is 42.3 Å². The van der Waals surface area contributed by atoms with Crippen LogP contribution in [-0.2, 0) is 11.3 Å². The van der Waals surface area contributed by atoms with Crippen LogP contribution < -0.4 is 10.6 Å². The summed E-state index contributed by atoms with van der Waals surface area (Å²) >= 11 is 0. The minimum absolute atomic E-state index is 0.287. The van der Waals surface area contributed by atoms with Gasteiger partial charge in [-0.3, -0.25) is 9.78 Å². The summed E-state index contributed by atoms with van der Waals surface area (Å²) < 4.78 is 5.20. The summed E-state index contributed by atoms with van der Waals surface area (Å²) in [6.07, 6.45) is 1.55. The van der Waals surface area contributed by atoms with E-state index in [0.29, 0.717) is 17.7 Å². The average molecular weight is 363 g/mol. The number of fused-ring (bicyclic) bond motifs is 1. The molecule has 6 nitrogen and oxygen atoms in total. The maximum Gasteiger partial charge on any atom is 0.341 e. The number of nitrogens with zero attached hydrogens (tertiary/aromatic N) is 2. The minimum atomic E-state index is -0.471. The SMILES string of the molecule is CCOC(=O)c1cnc2ccccc2c1N(C)Cc1cccc(C(N)=O)c1. The van der Waals surface area contributed by atoms with E-state index in [-0.39, 0.29) is 6.61 Å². The highest BCUT2D eigenvalue weighted by atomic mass is 16.5. The summed E-state index contributed by atoms with van der Waals surface area (Å²) in [5, 5.41) is 0.858. The molecule has 0 aliphatic heterocycles. The molecule has 0 saturated heterocycles. The number of hydrogen-bond donors (Lipinski definition) is 1. The van der Waals surface area contributed by atoms with E-state index >= 15 is 0 Å². The first-order valence-electron chi connectivity index (χ1n) is 8.66. The van der Waals surface area contributed by atoms with Crippen molar-refractivity contribution in [3.8, 4) is 0 Å². The maximum absolute atomic E-state index is 12.5. The van der Waals surface area contributed by atoms with E-state index in [1.165, 1.54) is 0 Å².